The maximum absolute atomic E-state index is 11.5. The Morgan fingerprint density at radius 3 is 2.71 bits per heavy atom. The number of rotatable bonds is 5. The zero-order valence-electron chi connectivity index (χ0n) is 9.66. The molecular weight excluding hydrogens is 262 g/mol. The molecule has 0 aromatic heterocycles. The summed E-state index contributed by atoms with van der Waals surface area (Å²) in [5.74, 6) is -0.587. The third kappa shape index (κ3) is 4.85. The van der Waals surface area contributed by atoms with Gasteiger partial charge in [0.1, 0.15) is 11.8 Å². The van der Waals surface area contributed by atoms with Gasteiger partial charge in [-0.05, 0) is 37.1 Å². The van der Waals surface area contributed by atoms with Crippen molar-refractivity contribution in [3.05, 3.63) is 29.3 Å². The van der Waals surface area contributed by atoms with Crippen molar-refractivity contribution in [2.24, 2.45) is 0 Å². The lowest BCUT2D eigenvalue weighted by Crippen LogP contribution is -2.20. The number of anilines is 1. The molecule has 1 aromatic carbocycles. The highest BCUT2D eigenvalue weighted by molar-refractivity contribution is 7.81. The fourth-order valence-corrected chi connectivity index (χ4v) is 1.98. The van der Waals surface area contributed by atoms with Crippen LogP contribution in [-0.2, 0) is 20.1 Å². The molecule has 0 saturated carbocycles. The van der Waals surface area contributed by atoms with Crippen LogP contribution in [0.2, 0.25) is 0 Å². The van der Waals surface area contributed by atoms with Crippen LogP contribution >= 0.6 is 11.6 Å². The quantitative estimate of drug-likeness (QED) is 0.838. The van der Waals surface area contributed by atoms with Crippen LogP contribution in [0.3, 0.4) is 0 Å². The molecule has 0 aliphatic heterocycles. The van der Waals surface area contributed by atoms with Gasteiger partial charge in [0.25, 0.3) is 0 Å². The first-order valence-corrected chi connectivity index (χ1v) is 6.75. The molecule has 1 amide bonds. The first kappa shape index (κ1) is 14.2. The van der Waals surface area contributed by atoms with E-state index >= 15 is 0 Å². The van der Waals surface area contributed by atoms with Crippen LogP contribution in [0, 0.1) is 13.8 Å². The van der Waals surface area contributed by atoms with E-state index in [0.29, 0.717) is 5.69 Å². The molecule has 0 fully saturated rings. The Morgan fingerprint density at radius 1 is 1.41 bits per heavy atom. The van der Waals surface area contributed by atoms with Crippen molar-refractivity contribution in [2.75, 3.05) is 17.1 Å². The SMILES string of the molecule is Cc1ccc(NC(=O)CS(=O)OCCl)cc1C. The van der Waals surface area contributed by atoms with Crippen LogP contribution in [0.1, 0.15) is 11.1 Å². The second-order valence-corrected chi connectivity index (χ2v) is 4.87. The van der Waals surface area contributed by atoms with Gasteiger partial charge in [0, 0.05) is 5.69 Å². The molecule has 0 radical (unpaired) electrons. The molecule has 0 aliphatic rings. The number of hydrogen-bond donors (Lipinski definition) is 1. The summed E-state index contributed by atoms with van der Waals surface area (Å²) in [5.41, 5.74) is 2.92. The van der Waals surface area contributed by atoms with Crippen molar-refractivity contribution < 1.29 is 13.2 Å². The molecule has 1 unspecified atom stereocenters. The van der Waals surface area contributed by atoms with Gasteiger partial charge in [-0.15, -0.1) is 0 Å². The minimum absolute atomic E-state index is 0.191. The molecule has 6 heteroatoms. The summed E-state index contributed by atoms with van der Waals surface area (Å²) < 4.78 is 15.7. The van der Waals surface area contributed by atoms with Crippen molar-refractivity contribution in [3.63, 3.8) is 0 Å². The van der Waals surface area contributed by atoms with E-state index in [1.54, 1.807) is 6.07 Å². The number of aryl methyl sites for hydroxylation is 2. The summed E-state index contributed by atoms with van der Waals surface area (Å²) in [5, 5.41) is 2.64. The van der Waals surface area contributed by atoms with Gasteiger partial charge in [0.05, 0.1) is 0 Å². The van der Waals surface area contributed by atoms with Gasteiger partial charge in [-0.3, -0.25) is 8.98 Å². The van der Waals surface area contributed by atoms with E-state index in [1.165, 1.54) is 0 Å². The summed E-state index contributed by atoms with van der Waals surface area (Å²) in [6, 6.07) is 5.38. The van der Waals surface area contributed by atoms with E-state index in [0.717, 1.165) is 11.1 Å². The highest BCUT2D eigenvalue weighted by Crippen LogP contribution is 2.14. The molecule has 17 heavy (non-hydrogen) atoms. The summed E-state index contributed by atoms with van der Waals surface area (Å²) >= 11 is 3.55. The molecule has 0 spiro atoms. The Balaban J connectivity index is 2.56. The van der Waals surface area contributed by atoms with Crippen LogP contribution < -0.4 is 5.32 Å². The van der Waals surface area contributed by atoms with Gasteiger partial charge in [-0.2, -0.15) is 0 Å². The third-order valence-corrected chi connectivity index (χ3v) is 3.33. The van der Waals surface area contributed by atoms with E-state index in [9.17, 15) is 9.00 Å². The molecule has 0 heterocycles. The summed E-state index contributed by atoms with van der Waals surface area (Å²) in [6.07, 6.45) is 0. The topological polar surface area (TPSA) is 55.4 Å². The number of nitrogens with one attached hydrogen (secondary N) is 1. The van der Waals surface area contributed by atoms with Crippen LogP contribution in [0.25, 0.3) is 0 Å². The van der Waals surface area contributed by atoms with Gasteiger partial charge < -0.3 is 5.32 Å². The lowest BCUT2D eigenvalue weighted by molar-refractivity contribution is -0.113. The van der Waals surface area contributed by atoms with Crippen molar-refractivity contribution in [2.45, 2.75) is 13.8 Å². The zero-order valence-corrected chi connectivity index (χ0v) is 11.2. The van der Waals surface area contributed by atoms with Crippen molar-refractivity contribution in [3.8, 4) is 0 Å². The van der Waals surface area contributed by atoms with Crippen LogP contribution in [0.4, 0.5) is 5.69 Å². The number of amides is 1. The van der Waals surface area contributed by atoms with E-state index < -0.39 is 11.1 Å². The first-order valence-electron chi connectivity index (χ1n) is 4.97. The molecule has 1 N–H and O–H groups in total. The Labute approximate surface area is 108 Å². The standard InChI is InChI=1S/C11H14ClNO3S/c1-8-3-4-10(5-9(8)2)13-11(14)6-17(15)16-7-12/h3-5H,6-7H2,1-2H3,(H,13,14). The Bertz CT molecular complexity index is 437. The van der Waals surface area contributed by atoms with Crippen molar-refractivity contribution >= 4 is 34.3 Å². The van der Waals surface area contributed by atoms with E-state index in [4.69, 9.17) is 11.6 Å². The molecule has 1 aromatic rings. The number of benzene rings is 1. The predicted octanol–water partition coefficient (Wildman–Crippen LogP) is 2.12. The fraction of sp³-hybridized carbons (Fsp3) is 0.364. The van der Waals surface area contributed by atoms with Crippen LogP contribution in [0.5, 0.6) is 0 Å². The Morgan fingerprint density at radius 2 is 2.12 bits per heavy atom. The number of carbonyl (C=O) groups is 1. The molecular formula is C11H14ClNO3S. The van der Waals surface area contributed by atoms with E-state index in [2.05, 4.69) is 9.50 Å². The van der Waals surface area contributed by atoms with E-state index in [-0.39, 0.29) is 17.7 Å². The maximum atomic E-state index is 11.5. The molecule has 0 aliphatic carbocycles. The fourth-order valence-electron chi connectivity index (χ4n) is 1.21. The molecule has 1 rings (SSSR count). The second kappa shape index (κ2) is 6.74. The molecule has 4 nitrogen and oxygen atoms in total. The lowest BCUT2D eigenvalue weighted by atomic mass is 10.1. The van der Waals surface area contributed by atoms with Gasteiger partial charge in [0.2, 0.25) is 5.91 Å². The summed E-state index contributed by atoms with van der Waals surface area (Å²) in [4.78, 5) is 11.5. The van der Waals surface area contributed by atoms with Gasteiger partial charge in [-0.25, -0.2) is 4.21 Å². The Hall–Kier alpha value is -0.910. The second-order valence-electron chi connectivity index (χ2n) is 3.52. The van der Waals surface area contributed by atoms with Gasteiger partial charge in [0.15, 0.2) is 11.1 Å². The highest BCUT2D eigenvalue weighted by atomic mass is 35.5. The number of carbonyl (C=O) groups excluding carboxylic acids is 1. The van der Waals surface area contributed by atoms with E-state index in [1.807, 2.05) is 26.0 Å². The van der Waals surface area contributed by atoms with Crippen LogP contribution in [0.15, 0.2) is 18.2 Å². The van der Waals surface area contributed by atoms with Gasteiger partial charge >= 0.3 is 0 Å². The van der Waals surface area contributed by atoms with Crippen LogP contribution in [-0.4, -0.2) is 21.9 Å². The third-order valence-electron chi connectivity index (χ3n) is 2.22. The Kier molecular flexibility index (Phi) is 5.61. The molecule has 1 atom stereocenters. The average Bonchev–Trinajstić information content (AvgIpc) is 2.23. The molecule has 0 bridgehead atoms. The largest absolute Gasteiger partial charge is 0.325 e. The van der Waals surface area contributed by atoms with Crippen molar-refractivity contribution in [1.29, 1.82) is 0 Å². The predicted molar refractivity (Wildman–Crippen MR) is 69.4 cm³/mol. The minimum Gasteiger partial charge on any atom is -0.325 e. The lowest BCUT2D eigenvalue weighted by Gasteiger charge is -2.07. The highest BCUT2D eigenvalue weighted by Gasteiger charge is 2.09. The normalized spacial score (nSPS) is 12.2. The molecule has 0 saturated heterocycles. The number of halogens is 1. The molecule has 94 valence electrons. The minimum atomic E-state index is -1.68. The van der Waals surface area contributed by atoms with Gasteiger partial charge in [-0.1, -0.05) is 17.7 Å². The first-order chi connectivity index (χ1) is 8.02. The smallest absolute Gasteiger partial charge is 0.239 e. The summed E-state index contributed by atoms with van der Waals surface area (Å²) in [6.45, 7) is 3.95. The van der Waals surface area contributed by atoms with Crippen molar-refractivity contribution in [1.82, 2.24) is 0 Å². The maximum Gasteiger partial charge on any atom is 0.239 e. The number of alkyl halides is 1. The number of hydrogen-bond acceptors (Lipinski definition) is 3. The monoisotopic (exact) mass is 275 g/mol. The summed E-state index contributed by atoms with van der Waals surface area (Å²) in [7, 11) is 0. The average molecular weight is 276 g/mol. The zero-order chi connectivity index (χ0) is 12.8.